The first-order valence-electron chi connectivity index (χ1n) is 6.10. The van der Waals surface area contributed by atoms with Crippen molar-refractivity contribution in [1.29, 1.82) is 0 Å². The van der Waals surface area contributed by atoms with Gasteiger partial charge in [-0.05, 0) is 53.9 Å². The quantitative estimate of drug-likeness (QED) is 0.658. The second-order valence-corrected chi connectivity index (χ2v) is 5.04. The maximum atomic E-state index is 13.2. The van der Waals surface area contributed by atoms with E-state index in [4.69, 9.17) is 11.6 Å². The van der Waals surface area contributed by atoms with Crippen LogP contribution in [0.2, 0.25) is 5.15 Å². The van der Waals surface area contributed by atoms with Crippen LogP contribution in [0.3, 0.4) is 0 Å². The molecule has 20 heavy (non-hydrogen) atoms. The predicted octanol–water partition coefficient (Wildman–Crippen LogP) is 4.71. The number of pyridine rings is 1. The van der Waals surface area contributed by atoms with E-state index < -0.39 is 0 Å². The topological polar surface area (TPSA) is 33.1 Å². The molecule has 0 unspecified atom stereocenters. The van der Waals surface area contributed by atoms with Crippen LogP contribution in [0.15, 0.2) is 42.5 Å². The lowest BCUT2D eigenvalue weighted by atomic mass is 9.97. The molecule has 2 nitrogen and oxygen atoms in total. The molecular formula is C16H11ClFNO. The van der Waals surface area contributed by atoms with E-state index in [0.717, 1.165) is 22.1 Å². The Bertz CT molecular complexity index is 812. The van der Waals surface area contributed by atoms with Crippen molar-refractivity contribution in [2.75, 3.05) is 0 Å². The molecule has 0 atom stereocenters. The van der Waals surface area contributed by atoms with Crippen molar-refractivity contribution in [2.24, 2.45) is 0 Å². The summed E-state index contributed by atoms with van der Waals surface area (Å²) in [5.41, 5.74) is 3.20. The lowest BCUT2D eigenvalue weighted by molar-refractivity contribution is 0.476. The van der Waals surface area contributed by atoms with Crippen LogP contribution < -0.4 is 0 Å². The number of phenols is 1. The predicted molar refractivity (Wildman–Crippen MR) is 78.5 cm³/mol. The van der Waals surface area contributed by atoms with Crippen LogP contribution in [0.25, 0.3) is 22.0 Å². The Morgan fingerprint density at radius 1 is 1.05 bits per heavy atom. The molecule has 0 aliphatic carbocycles. The van der Waals surface area contributed by atoms with Gasteiger partial charge in [-0.1, -0.05) is 17.7 Å². The first kappa shape index (κ1) is 12.9. The highest BCUT2D eigenvalue weighted by Gasteiger charge is 2.10. The van der Waals surface area contributed by atoms with Gasteiger partial charge >= 0.3 is 0 Å². The van der Waals surface area contributed by atoms with E-state index in [1.807, 2.05) is 6.92 Å². The van der Waals surface area contributed by atoms with Crippen LogP contribution in [0.4, 0.5) is 4.39 Å². The molecule has 0 radical (unpaired) electrons. The van der Waals surface area contributed by atoms with Gasteiger partial charge in [-0.15, -0.1) is 0 Å². The highest BCUT2D eigenvalue weighted by molar-refractivity contribution is 6.30. The largest absolute Gasteiger partial charge is 0.508 e. The summed E-state index contributed by atoms with van der Waals surface area (Å²) in [5.74, 6) is -0.137. The number of phenolic OH excluding ortho intramolecular Hbond substituents is 1. The maximum Gasteiger partial charge on any atom is 0.130 e. The number of nitrogens with zero attached hydrogens (tertiary/aromatic N) is 1. The highest BCUT2D eigenvalue weighted by Crippen LogP contribution is 2.33. The summed E-state index contributed by atoms with van der Waals surface area (Å²) < 4.78 is 13.2. The van der Waals surface area contributed by atoms with Crippen LogP contribution in [-0.4, -0.2) is 10.1 Å². The SMILES string of the molecule is Cc1cc(F)ccc1-c1cc(Cl)nc2cc(O)ccc12. The third-order valence-electron chi connectivity index (χ3n) is 3.24. The van der Waals surface area contributed by atoms with Crippen LogP contribution in [0, 0.1) is 12.7 Å². The third-order valence-corrected chi connectivity index (χ3v) is 3.43. The summed E-state index contributed by atoms with van der Waals surface area (Å²) in [4.78, 5) is 4.20. The van der Waals surface area contributed by atoms with Gasteiger partial charge < -0.3 is 5.11 Å². The number of fused-ring (bicyclic) bond motifs is 1. The van der Waals surface area contributed by atoms with E-state index in [9.17, 15) is 9.50 Å². The summed E-state index contributed by atoms with van der Waals surface area (Å²) in [6.07, 6.45) is 0. The van der Waals surface area contributed by atoms with Gasteiger partial charge in [0.1, 0.15) is 16.7 Å². The number of aromatic hydroxyl groups is 1. The standard InChI is InChI=1S/C16H11ClFNO/c1-9-6-10(18)2-4-12(9)14-8-16(17)19-15-7-11(20)3-5-13(14)15/h2-8,20H,1H3. The second kappa shape index (κ2) is 4.76. The van der Waals surface area contributed by atoms with E-state index in [2.05, 4.69) is 4.98 Å². The lowest BCUT2D eigenvalue weighted by Crippen LogP contribution is -1.89. The van der Waals surface area contributed by atoms with E-state index in [1.54, 1.807) is 30.3 Å². The Morgan fingerprint density at radius 2 is 1.85 bits per heavy atom. The molecule has 2 aromatic carbocycles. The summed E-state index contributed by atoms with van der Waals surface area (Å²) >= 11 is 6.04. The Hall–Kier alpha value is -2.13. The maximum absolute atomic E-state index is 13.2. The van der Waals surface area contributed by atoms with Crippen LogP contribution in [0.1, 0.15) is 5.56 Å². The van der Waals surface area contributed by atoms with Crippen molar-refractivity contribution in [3.05, 3.63) is 59.0 Å². The zero-order valence-corrected chi connectivity index (χ0v) is 11.4. The van der Waals surface area contributed by atoms with Gasteiger partial charge in [-0.2, -0.15) is 0 Å². The van der Waals surface area contributed by atoms with Crippen molar-refractivity contribution in [1.82, 2.24) is 4.98 Å². The summed E-state index contributed by atoms with van der Waals surface area (Å²) in [6.45, 7) is 1.85. The van der Waals surface area contributed by atoms with Crippen molar-refractivity contribution < 1.29 is 9.50 Å². The number of rotatable bonds is 1. The van der Waals surface area contributed by atoms with Crippen LogP contribution in [-0.2, 0) is 0 Å². The number of aromatic nitrogens is 1. The fraction of sp³-hybridized carbons (Fsp3) is 0.0625. The molecule has 0 aliphatic heterocycles. The zero-order valence-electron chi connectivity index (χ0n) is 10.7. The van der Waals surface area contributed by atoms with Gasteiger partial charge in [-0.25, -0.2) is 9.37 Å². The highest BCUT2D eigenvalue weighted by atomic mass is 35.5. The fourth-order valence-electron chi connectivity index (χ4n) is 2.34. The smallest absolute Gasteiger partial charge is 0.130 e. The summed E-state index contributed by atoms with van der Waals surface area (Å²) in [5, 5.41) is 10.7. The first-order valence-corrected chi connectivity index (χ1v) is 6.48. The van der Waals surface area contributed by atoms with Crippen molar-refractivity contribution in [3.63, 3.8) is 0 Å². The zero-order chi connectivity index (χ0) is 14.3. The molecule has 100 valence electrons. The molecule has 1 N–H and O–H groups in total. The van der Waals surface area contributed by atoms with Gasteiger partial charge in [0.2, 0.25) is 0 Å². The van der Waals surface area contributed by atoms with Gasteiger partial charge in [0.15, 0.2) is 0 Å². The minimum atomic E-state index is -0.270. The Labute approximate surface area is 120 Å². The normalized spacial score (nSPS) is 10.9. The Morgan fingerprint density at radius 3 is 2.60 bits per heavy atom. The minimum Gasteiger partial charge on any atom is -0.508 e. The summed E-state index contributed by atoms with van der Waals surface area (Å²) in [6, 6.07) is 11.3. The number of hydrogen-bond acceptors (Lipinski definition) is 2. The molecule has 0 spiro atoms. The molecule has 1 aromatic heterocycles. The van der Waals surface area contributed by atoms with E-state index >= 15 is 0 Å². The number of halogens is 2. The number of aryl methyl sites for hydroxylation is 1. The molecule has 0 saturated carbocycles. The van der Waals surface area contributed by atoms with Crippen LogP contribution >= 0.6 is 11.6 Å². The van der Waals surface area contributed by atoms with Gasteiger partial charge in [0.25, 0.3) is 0 Å². The average Bonchev–Trinajstić information content (AvgIpc) is 2.37. The van der Waals surface area contributed by atoms with E-state index in [0.29, 0.717) is 10.7 Å². The molecule has 0 amide bonds. The minimum absolute atomic E-state index is 0.133. The monoisotopic (exact) mass is 287 g/mol. The lowest BCUT2D eigenvalue weighted by Gasteiger charge is -2.10. The second-order valence-electron chi connectivity index (χ2n) is 4.65. The molecule has 0 aliphatic rings. The first-order chi connectivity index (χ1) is 9.54. The third kappa shape index (κ3) is 2.21. The average molecular weight is 288 g/mol. The Balaban J connectivity index is 2.35. The molecule has 0 saturated heterocycles. The van der Waals surface area contributed by atoms with Crippen molar-refractivity contribution in [2.45, 2.75) is 6.92 Å². The van der Waals surface area contributed by atoms with Gasteiger partial charge in [0, 0.05) is 11.5 Å². The van der Waals surface area contributed by atoms with Crippen molar-refractivity contribution >= 4 is 22.5 Å². The summed E-state index contributed by atoms with van der Waals surface area (Å²) in [7, 11) is 0. The van der Waals surface area contributed by atoms with E-state index in [-0.39, 0.29) is 11.6 Å². The molecule has 1 heterocycles. The molecule has 4 heteroatoms. The van der Waals surface area contributed by atoms with Gasteiger partial charge in [0.05, 0.1) is 5.52 Å². The number of hydrogen-bond donors (Lipinski definition) is 1. The van der Waals surface area contributed by atoms with Gasteiger partial charge in [-0.3, -0.25) is 0 Å². The molecule has 3 rings (SSSR count). The molecule has 3 aromatic rings. The van der Waals surface area contributed by atoms with E-state index in [1.165, 1.54) is 12.1 Å². The van der Waals surface area contributed by atoms with Crippen LogP contribution in [0.5, 0.6) is 5.75 Å². The molecule has 0 bridgehead atoms. The fourth-order valence-corrected chi connectivity index (χ4v) is 2.54. The Kier molecular flexibility index (Phi) is 3.07. The number of benzene rings is 2. The molecular weight excluding hydrogens is 277 g/mol. The molecule has 0 fully saturated rings. The van der Waals surface area contributed by atoms with Crippen molar-refractivity contribution in [3.8, 4) is 16.9 Å².